The molecule has 0 aliphatic heterocycles. The Balaban J connectivity index is 3.87. The van der Waals surface area contributed by atoms with E-state index in [9.17, 15) is 4.79 Å². The van der Waals surface area contributed by atoms with Gasteiger partial charge in [-0.05, 0) is 13.3 Å². The van der Waals surface area contributed by atoms with Gasteiger partial charge in [-0.1, -0.05) is 6.92 Å². The SMILES string of the molecule is CCCNC(=O)NC(C)(CO)CO. The summed E-state index contributed by atoms with van der Waals surface area (Å²) >= 11 is 0. The Morgan fingerprint density at radius 2 is 1.92 bits per heavy atom. The summed E-state index contributed by atoms with van der Waals surface area (Å²) in [5.74, 6) is 0. The van der Waals surface area contributed by atoms with E-state index in [-0.39, 0.29) is 19.2 Å². The summed E-state index contributed by atoms with van der Waals surface area (Å²) in [7, 11) is 0. The van der Waals surface area contributed by atoms with E-state index in [4.69, 9.17) is 10.2 Å². The summed E-state index contributed by atoms with van der Waals surface area (Å²) in [6.45, 7) is 3.51. The molecule has 0 aliphatic carbocycles. The molecule has 5 heteroatoms. The molecule has 0 atom stereocenters. The van der Waals surface area contributed by atoms with Gasteiger partial charge in [-0.2, -0.15) is 0 Å². The summed E-state index contributed by atoms with van der Waals surface area (Å²) in [6.07, 6.45) is 0.850. The normalized spacial score (nSPS) is 11.1. The Kier molecular flexibility index (Phi) is 5.41. The third-order valence-electron chi connectivity index (χ3n) is 1.65. The zero-order valence-electron chi connectivity index (χ0n) is 8.13. The quantitative estimate of drug-likeness (QED) is 0.469. The van der Waals surface area contributed by atoms with E-state index in [2.05, 4.69) is 10.6 Å². The number of rotatable bonds is 5. The van der Waals surface area contributed by atoms with Gasteiger partial charge in [-0.25, -0.2) is 4.79 Å². The highest BCUT2D eigenvalue weighted by molar-refractivity contribution is 5.74. The average Bonchev–Trinajstić information content (AvgIpc) is 2.14. The lowest BCUT2D eigenvalue weighted by Gasteiger charge is -2.26. The Morgan fingerprint density at radius 1 is 1.38 bits per heavy atom. The fourth-order valence-corrected chi connectivity index (χ4v) is 0.686. The number of amides is 2. The molecule has 78 valence electrons. The smallest absolute Gasteiger partial charge is 0.315 e. The van der Waals surface area contributed by atoms with Crippen molar-refractivity contribution >= 4 is 6.03 Å². The molecule has 0 spiro atoms. The predicted octanol–water partition coefficient (Wildman–Crippen LogP) is -0.561. The Labute approximate surface area is 78.1 Å². The van der Waals surface area contributed by atoms with Gasteiger partial charge in [0, 0.05) is 6.54 Å². The lowest BCUT2D eigenvalue weighted by molar-refractivity contribution is 0.109. The Bertz CT molecular complexity index is 157. The van der Waals surface area contributed by atoms with Crippen LogP contribution in [0.5, 0.6) is 0 Å². The van der Waals surface area contributed by atoms with E-state index in [1.807, 2.05) is 6.92 Å². The fraction of sp³-hybridized carbons (Fsp3) is 0.875. The van der Waals surface area contributed by atoms with Gasteiger partial charge in [0.05, 0.1) is 18.8 Å². The highest BCUT2D eigenvalue weighted by Gasteiger charge is 2.23. The van der Waals surface area contributed by atoms with Gasteiger partial charge < -0.3 is 20.8 Å². The lowest BCUT2D eigenvalue weighted by atomic mass is 10.1. The average molecular weight is 190 g/mol. The van der Waals surface area contributed by atoms with Crippen molar-refractivity contribution in [3.8, 4) is 0 Å². The van der Waals surface area contributed by atoms with Crippen LogP contribution in [0.15, 0.2) is 0 Å². The maximum atomic E-state index is 11.1. The van der Waals surface area contributed by atoms with Crippen LogP contribution in [-0.2, 0) is 0 Å². The first-order valence-corrected chi connectivity index (χ1v) is 4.35. The zero-order valence-corrected chi connectivity index (χ0v) is 8.13. The number of aliphatic hydroxyl groups excluding tert-OH is 2. The number of nitrogens with one attached hydrogen (secondary N) is 2. The maximum Gasteiger partial charge on any atom is 0.315 e. The molecule has 4 N–H and O–H groups in total. The van der Waals surface area contributed by atoms with Crippen LogP contribution in [0.1, 0.15) is 20.3 Å². The van der Waals surface area contributed by atoms with Gasteiger partial charge in [0.15, 0.2) is 0 Å². The van der Waals surface area contributed by atoms with Crippen molar-refractivity contribution in [2.24, 2.45) is 0 Å². The standard InChI is InChI=1S/C8H18N2O3/c1-3-4-9-7(13)10-8(2,5-11)6-12/h11-12H,3-6H2,1-2H3,(H2,9,10,13). The minimum Gasteiger partial charge on any atom is -0.394 e. The molecule has 0 aliphatic rings. The van der Waals surface area contributed by atoms with Gasteiger partial charge in [-0.15, -0.1) is 0 Å². The highest BCUT2D eigenvalue weighted by Crippen LogP contribution is 1.99. The first-order chi connectivity index (χ1) is 6.08. The van der Waals surface area contributed by atoms with Crippen LogP contribution in [0.4, 0.5) is 4.79 Å². The molecular weight excluding hydrogens is 172 g/mol. The second kappa shape index (κ2) is 5.77. The first-order valence-electron chi connectivity index (χ1n) is 4.35. The molecule has 0 unspecified atom stereocenters. The van der Waals surface area contributed by atoms with Crippen molar-refractivity contribution in [3.63, 3.8) is 0 Å². The van der Waals surface area contributed by atoms with E-state index in [1.54, 1.807) is 6.92 Å². The first kappa shape index (κ1) is 12.2. The monoisotopic (exact) mass is 190 g/mol. The van der Waals surface area contributed by atoms with Crippen LogP contribution in [-0.4, -0.2) is 41.5 Å². The topological polar surface area (TPSA) is 81.6 Å². The summed E-state index contributed by atoms with van der Waals surface area (Å²) in [6, 6.07) is -0.368. The van der Waals surface area contributed by atoms with Crippen molar-refractivity contribution in [3.05, 3.63) is 0 Å². The Hall–Kier alpha value is -0.810. The van der Waals surface area contributed by atoms with Crippen LogP contribution in [0.25, 0.3) is 0 Å². The second-order valence-corrected chi connectivity index (χ2v) is 3.26. The van der Waals surface area contributed by atoms with E-state index in [0.717, 1.165) is 6.42 Å². The molecule has 0 aromatic carbocycles. The second-order valence-electron chi connectivity index (χ2n) is 3.26. The predicted molar refractivity (Wildman–Crippen MR) is 49.4 cm³/mol. The third-order valence-corrected chi connectivity index (χ3v) is 1.65. The lowest BCUT2D eigenvalue weighted by Crippen LogP contribution is -2.54. The van der Waals surface area contributed by atoms with Crippen molar-refractivity contribution in [2.45, 2.75) is 25.8 Å². The van der Waals surface area contributed by atoms with E-state index < -0.39 is 5.54 Å². The molecule has 0 aromatic heterocycles. The van der Waals surface area contributed by atoms with Gasteiger partial charge >= 0.3 is 6.03 Å². The Morgan fingerprint density at radius 3 is 2.31 bits per heavy atom. The number of hydrogen-bond donors (Lipinski definition) is 4. The maximum absolute atomic E-state index is 11.1. The van der Waals surface area contributed by atoms with Crippen molar-refractivity contribution in [1.82, 2.24) is 10.6 Å². The number of carbonyl (C=O) groups excluding carboxylic acids is 1. The van der Waals surface area contributed by atoms with Gasteiger partial charge in [0.2, 0.25) is 0 Å². The van der Waals surface area contributed by atoms with Crippen LogP contribution in [0, 0.1) is 0 Å². The largest absolute Gasteiger partial charge is 0.394 e. The van der Waals surface area contributed by atoms with Crippen molar-refractivity contribution in [1.29, 1.82) is 0 Å². The van der Waals surface area contributed by atoms with Crippen LogP contribution < -0.4 is 10.6 Å². The van der Waals surface area contributed by atoms with E-state index in [0.29, 0.717) is 6.54 Å². The number of urea groups is 1. The minimum absolute atomic E-state index is 0.289. The molecule has 5 nitrogen and oxygen atoms in total. The summed E-state index contributed by atoms with van der Waals surface area (Å²) in [4.78, 5) is 11.1. The van der Waals surface area contributed by atoms with Gasteiger partial charge in [0.25, 0.3) is 0 Å². The molecule has 0 saturated carbocycles. The van der Waals surface area contributed by atoms with Gasteiger partial charge in [0.1, 0.15) is 0 Å². The van der Waals surface area contributed by atoms with Gasteiger partial charge in [-0.3, -0.25) is 0 Å². The minimum atomic E-state index is -0.947. The summed E-state index contributed by atoms with van der Waals surface area (Å²) in [5.41, 5.74) is -0.947. The van der Waals surface area contributed by atoms with E-state index in [1.165, 1.54) is 0 Å². The molecular formula is C8H18N2O3. The molecule has 0 radical (unpaired) electrons. The summed E-state index contributed by atoms with van der Waals surface area (Å²) in [5, 5.41) is 22.8. The van der Waals surface area contributed by atoms with Crippen LogP contribution in [0.2, 0.25) is 0 Å². The van der Waals surface area contributed by atoms with Crippen molar-refractivity contribution in [2.75, 3.05) is 19.8 Å². The molecule has 0 aromatic rings. The molecule has 0 bridgehead atoms. The van der Waals surface area contributed by atoms with E-state index >= 15 is 0 Å². The fourth-order valence-electron chi connectivity index (χ4n) is 0.686. The molecule has 0 heterocycles. The van der Waals surface area contributed by atoms with Crippen LogP contribution >= 0.6 is 0 Å². The molecule has 0 rings (SSSR count). The van der Waals surface area contributed by atoms with Crippen molar-refractivity contribution < 1.29 is 15.0 Å². The van der Waals surface area contributed by atoms with Crippen LogP contribution in [0.3, 0.4) is 0 Å². The molecule has 13 heavy (non-hydrogen) atoms. The number of hydrogen-bond acceptors (Lipinski definition) is 3. The highest BCUT2D eigenvalue weighted by atomic mass is 16.3. The summed E-state index contributed by atoms with van der Waals surface area (Å²) < 4.78 is 0. The molecule has 0 fully saturated rings. The number of aliphatic hydroxyl groups is 2. The molecule has 2 amide bonds. The number of carbonyl (C=O) groups is 1. The zero-order chi connectivity index (χ0) is 10.3. The molecule has 0 saturated heterocycles. The third kappa shape index (κ3) is 4.69.